The van der Waals surface area contributed by atoms with Gasteiger partial charge >= 0.3 is 0 Å². The molecule has 1 amide bonds. The number of hydrogen-bond donors (Lipinski definition) is 0. The van der Waals surface area contributed by atoms with Gasteiger partial charge in [0, 0.05) is 31.8 Å². The van der Waals surface area contributed by atoms with Gasteiger partial charge < -0.3 is 14.3 Å². The second kappa shape index (κ2) is 7.79. The number of amides is 1. The van der Waals surface area contributed by atoms with Crippen LogP contribution >= 0.6 is 0 Å². The van der Waals surface area contributed by atoms with E-state index in [0.29, 0.717) is 17.8 Å². The predicted octanol–water partition coefficient (Wildman–Crippen LogP) is 3.25. The van der Waals surface area contributed by atoms with Gasteiger partial charge in [0.15, 0.2) is 0 Å². The molecule has 7 nitrogen and oxygen atoms in total. The van der Waals surface area contributed by atoms with E-state index in [2.05, 4.69) is 21.2 Å². The van der Waals surface area contributed by atoms with Crippen LogP contribution in [0.1, 0.15) is 40.8 Å². The van der Waals surface area contributed by atoms with E-state index in [0.717, 1.165) is 30.8 Å². The van der Waals surface area contributed by atoms with Gasteiger partial charge in [0.2, 0.25) is 5.76 Å². The van der Waals surface area contributed by atoms with Gasteiger partial charge in [-0.2, -0.15) is 5.10 Å². The molecule has 4 rings (SSSR count). The maximum Gasteiger partial charge on any atom is 0.293 e. The summed E-state index contributed by atoms with van der Waals surface area (Å²) in [4.78, 5) is 16.9. The van der Waals surface area contributed by atoms with Gasteiger partial charge in [0.05, 0.1) is 17.4 Å². The highest BCUT2D eigenvalue weighted by Gasteiger charge is 2.34. The zero-order chi connectivity index (χ0) is 20.5. The molecule has 0 aliphatic carbocycles. The lowest BCUT2D eigenvalue weighted by Crippen LogP contribution is -2.30. The zero-order valence-corrected chi connectivity index (χ0v) is 16.8. The van der Waals surface area contributed by atoms with Gasteiger partial charge in [-0.1, -0.05) is 17.3 Å². The number of halogens is 1. The standard InChI is InChI=1S/C21H24FN5O2/c1-25(2)13-14-11-18(23-26(14)3)19-9-6-10-27(19)21(28)20-12-17(24-29-20)15-7-4-5-8-16(15)22/h4-5,7-8,11-12,19H,6,9-10,13H2,1-3H3/t19-/m0/s1. The largest absolute Gasteiger partial charge is 0.350 e. The number of nitrogens with zero attached hydrogens (tertiary/aromatic N) is 5. The molecular weight excluding hydrogens is 373 g/mol. The maximum absolute atomic E-state index is 14.0. The van der Waals surface area contributed by atoms with Crippen LogP contribution in [-0.2, 0) is 13.6 Å². The SMILES string of the molecule is CN(C)Cc1cc([C@@H]2CCCN2C(=O)c2cc(-c3ccccc3F)no2)nn1C. The Kier molecular flexibility index (Phi) is 5.19. The highest BCUT2D eigenvalue weighted by atomic mass is 19.1. The Morgan fingerprint density at radius 2 is 2.10 bits per heavy atom. The van der Waals surface area contributed by atoms with Crippen LogP contribution in [0.25, 0.3) is 11.3 Å². The summed E-state index contributed by atoms with van der Waals surface area (Å²) < 4.78 is 21.1. The van der Waals surface area contributed by atoms with Gasteiger partial charge in [-0.25, -0.2) is 4.39 Å². The molecule has 29 heavy (non-hydrogen) atoms. The van der Waals surface area contributed by atoms with Gasteiger partial charge in [0.25, 0.3) is 5.91 Å². The van der Waals surface area contributed by atoms with E-state index in [4.69, 9.17) is 4.52 Å². The summed E-state index contributed by atoms with van der Waals surface area (Å²) >= 11 is 0. The van der Waals surface area contributed by atoms with Crippen molar-refractivity contribution in [3.05, 3.63) is 59.4 Å². The Morgan fingerprint density at radius 3 is 2.86 bits per heavy atom. The van der Waals surface area contributed by atoms with Gasteiger partial charge in [0.1, 0.15) is 11.5 Å². The van der Waals surface area contributed by atoms with Gasteiger partial charge in [-0.15, -0.1) is 0 Å². The van der Waals surface area contributed by atoms with Crippen molar-refractivity contribution < 1.29 is 13.7 Å². The molecule has 1 fully saturated rings. The van der Waals surface area contributed by atoms with Crippen molar-refractivity contribution in [1.82, 2.24) is 24.7 Å². The van der Waals surface area contributed by atoms with E-state index in [1.54, 1.807) is 23.1 Å². The van der Waals surface area contributed by atoms with Crippen LogP contribution in [0.3, 0.4) is 0 Å². The smallest absolute Gasteiger partial charge is 0.293 e. The lowest BCUT2D eigenvalue weighted by Gasteiger charge is -2.21. The average Bonchev–Trinajstić information content (AvgIpc) is 3.41. The normalized spacial score (nSPS) is 16.7. The van der Waals surface area contributed by atoms with Crippen LogP contribution in [-0.4, -0.2) is 51.3 Å². The third-order valence-corrected chi connectivity index (χ3v) is 5.20. The summed E-state index contributed by atoms with van der Waals surface area (Å²) in [7, 11) is 5.94. The molecule has 0 bridgehead atoms. The topological polar surface area (TPSA) is 67.4 Å². The first kappa shape index (κ1) is 19.3. The van der Waals surface area contributed by atoms with Gasteiger partial charge in [-0.3, -0.25) is 9.48 Å². The Hall–Kier alpha value is -3.00. The van der Waals surface area contributed by atoms with Crippen molar-refractivity contribution in [2.75, 3.05) is 20.6 Å². The van der Waals surface area contributed by atoms with Crippen molar-refractivity contribution >= 4 is 5.91 Å². The van der Waals surface area contributed by atoms with E-state index in [9.17, 15) is 9.18 Å². The number of rotatable bonds is 5. The molecule has 1 atom stereocenters. The molecule has 8 heteroatoms. The zero-order valence-electron chi connectivity index (χ0n) is 16.8. The Bertz CT molecular complexity index is 1030. The number of hydrogen-bond acceptors (Lipinski definition) is 5. The molecular formula is C21H24FN5O2. The van der Waals surface area contributed by atoms with Crippen LogP contribution in [0, 0.1) is 5.82 Å². The molecule has 2 aromatic heterocycles. The maximum atomic E-state index is 14.0. The van der Waals surface area contributed by atoms with E-state index < -0.39 is 5.82 Å². The van der Waals surface area contributed by atoms with E-state index in [1.165, 1.54) is 12.1 Å². The average molecular weight is 397 g/mol. The third kappa shape index (κ3) is 3.80. The van der Waals surface area contributed by atoms with Crippen LogP contribution in [0.2, 0.25) is 0 Å². The van der Waals surface area contributed by atoms with Crippen LogP contribution < -0.4 is 0 Å². The molecule has 3 aromatic rings. The summed E-state index contributed by atoms with van der Waals surface area (Å²) in [5.74, 6) is -0.539. The summed E-state index contributed by atoms with van der Waals surface area (Å²) in [6, 6.07) is 9.75. The molecule has 0 saturated carbocycles. The Labute approximate surface area is 168 Å². The van der Waals surface area contributed by atoms with E-state index in [1.807, 2.05) is 25.8 Å². The molecule has 1 aromatic carbocycles. The molecule has 152 valence electrons. The molecule has 1 aliphatic rings. The molecule has 0 N–H and O–H groups in total. The lowest BCUT2D eigenvalue weighted by molar-refractivity contribution is 0.0690. The molecule has 1 saturated heterocycles. The molecule has 0 spiro atoms. The molecule has 0 radical (unpaired) electrons. The van der Waals surface area contributed by atoms with Crippen LogP contribution in [0.4, 0.5) is 4.39 Å². The molecule has 3 heterocycles. The summed E-state index contributed by atoms with van der Waals surface area (Å²) in [6.07, 6.45) is 1.74. The number of likely N-dealkylation sites (tertiary alicyclic amines) is 1. The highest BCUT2D eigenvalue weighted by molar-refractivity contribution is 5.93. The van der Waals surface area contributed by atoms with Crippen molar-refractivity contribution in [3.8, 4) is 11.3 Å². The first-order valence-corrected chi connectivity index (χ1v) is 9.64. The van der Waals surface area contributed by atoms with Crippen LogP contribution in [0.5, 0.6) is 0 Å². The van der Waals surface area contributed by atoms with Gasteiger partial charge in [-0.05, 0) is 45.1 Å². The van der Waals surface area contributed by atoms with Crippen molar-refractivity contribution in [2.45, 2.75) is 25.4 Å². The second-order valence-electron chi connectivity index (χ2n) is 7.63. The fraction of sp³-hybridized carbons (Fsp3) is 0.381. The summed E-state index contributed by atoms with van der Waals surface area (Å²) in [5, 5.41) is 8.54. The number of benzene rings is 1. The van der Waals surface area contributed by atoms with Crippen LogP contribution in [0.15, 0.2) is 40.9 Å². The van der Waals surface area contributed by atoms with E-state index >= 15 is 0 Å². The highest BCUT2D eigenvalue weighted by Crippen LogP contribution is 2.33. The monoisotopic (exact) mass is 397 g/mol. The number of aryl methyl sites for hydroxylation is 1. The lowest BCUT2D eigenvalue weighted by atomic mass is 10.1. The fourth-order valence-corrected chi connectivity index (χ4v) is 3.80. The minimum atomic E-state index is -0.402. The number of carbonyl (C=O) groups excluding carboxylic acids is 1. The first-order valence-electron chi connectivity index (χ1n) is 9.64. The molecule has 0 unspecified atom stereocenters. The minimum absolute atomic E-state index is 0.105. The van der Waals surface area contributed by atoms with Crippen molar-refractivity contribution in [2.24, 2.45) is 7.05 Å². The molecule has 1 aliphatic heterocycles. The summed E-state index contributed by atoms with van der Waals surface area (Å²) in [5.41, 5.74) is 2.59. The minimum Gasteiger partial charge on any atom is -0.350 e. The summed E-state index contributed by atoms with van der Waals surface area (Å²) in [6.45, 7) is 1.40. The number of aromatic nitrogens is 3. The quantitative estimate of drug-likeness (QED) is 0.661. The Balaban J connectivity index is 1.57. The fourth-order valence-electron chi connectivity index (χ4n) is 3.80. The van der Waals surface area contributed by atoms with Crippen molar-refractivity contribution in [1.29, 1.82) is 0 Å². The Morgan fingerprint density at radius 1 is 1.31 bits per heavy atom. The number of carbonyl (C=O) groups is 1. The first-order chi connectivity index (χ1) is 13.9. The predicted molar refractivity (Wildman–Crippen MR) is 106 cm³/mol. The second-order valence-corrected chi connectivity index (χ2v) is 7.63. The third-order valence-electron chi connectivity index (χ3n) is 5.20. The van der Waals surface area contributed by atoms with E-state index in [-0.39, 0.29) is 17.7 Å². The van der Waals surface area contributed by atoms with Crippen molar-refractivity contribution in [3.63, 3.8) is 0 Å².